The van der Waals surface area contributed by atoms with Gasteiger partial charge < -0.3 is 4.90 Å². The summed E-state index contributed by atoms with van der Waals surface area (Å²) in [5, 5.41) is 1.55. The summed E-state index contributed by atoms with van der Waals surface area (Å²) < 4.78 is 0. The van der Waals surface area contributed by atoms with Gasteiger partial charge in [-0.2, -0.15) is 0 Å². The van der Waals surface area contributed by atoms with Gasteiger partial charge in [0.2, 0.25) is 0 Å². The van der Waals surface area contributed by atoms with Crippen molar-refractivity contribution in [1.82, 2.24) is 4.90 Å². The Morgan fingerprint density at radius 1 is 1.44 bits per heavy atom. The van der Waals surface area contributed by atoms with Crippen LogP contribution in [0.5, 0.6) is 0 Å². The van der Waals surface area contributed by atoms with E-state index in [1.54, 1.807) is 6.07 Å². The van der Waals surface area contributed by atoms with Crippen molar-refractivity contribution in [3.63, 3.8) is 0 Å². The molecule has 1 unspecified atom stereocenters. The van der Waals surface area contributed by atoms with Gasteiger partial charge in [0.05, 0.1) is 10.6 Å². The van der Waals surface area contributed by atoms with Crippen LogP contribution in [0.15, 0.2) is 24.3 Å². The molecule has 1 aromatic rings. The third-order valence-electron chi connectivity index (χ3n) is 3.41. The average Bonchev–Trinajstić information content (AvgIpc) is 2.84. The average molecular weight is 331 g/mol. The Hall–Kier alpha value is -0.540. The molecule has 1 aliphatic rings. The summed E-state index contributed by atoms with van der Waals surface area (Å²) in [4.78, 5) is 14.5. The van der Waals surface area contributed by atoms with Crippen molar-refractivity contribution in [2.75, 3.05) is 11.9 Å². The Kier molecular flexibility index (Phi) is 5.07. The summed E-state index contributed by atoms with van der Waals surface area (Å²) in [7, 11) is 0. The van der Waals surface area contributed by atoms with Crippen LogP contribution < -0.4 is 0 Å². The van der Waals surface area contributed by atoms with Crippen molar-refractivity contribution in [3.8, 4) is 0 Å². The summed E-state index contributed by atoms with van der Waals surface area (Å²) >= 11 is 9.54. The van der Waals surface area contributed by atoms with E-state index < -0.39 is 0 Å². The van der Waals surface area contributed by atoms with Crippen LogP contribution in [0.25, 0.3) is 0 Å². The van der Waals surface area contributed by atoms with Crippen LogP contribution in [0, 0.1) is 0 Å². The van der Waals surface area contributed by atoms with Gasteiger partial charge in [-0.05, 0) is 37.8 Å². The Morgan fingerprint density at radius 2 is 2.22 bits per heavy atom. The van der Waals surface area contributed by atoms with Gasteiger partial charge in [0.1, 0.15) is 0 Å². The fourth-order valence-corrected chi connectivity index (χ4v) is 3.05. The first-order chi connectivity index (χ1) is 8.74. The van der Waals surface area contributed by atoms with Crippen molar-refractivity contribution >= 4 is 33.4 Å². The molecule has 1 atom stereocenters. The molecule has 1 fully saturated rings. The number of alkyl halides is 1. The standard InChI is InChI=1S/C14H17BrClNO/c15-9-3-5-11-6-4-10-17(11)14(18)12-7-1-2-8-13(12)16/h1-2,7-8,11H,3-6,9-10H2. The lowest BCUT2D eigenvalue weighted by Crippen LogP contribution is -2.35. The number of hydrogen-bond acceptors (Lipinski definition) is 1. The highest BCUT2D eigenvalue weighted by atomic mass is 79.9. The van der Waals surface area contributed by atoms with Crippen molar-refractivity contribution in [1.29, 1.82) is 0 Å². The zero-order chi connectivity index (χ0) is 13.0. The molecule has 1 aromatic carbocycles. The van der Waals surface area contributed by atoms with Crippen LogP contribution in [-0.2, 0) is 0 Å². The third-order valence-corrected chi connectivity index (χ3v) is 4.30. The quantitative estimate of drug-likeness (QED) is 0.761. The molecule has 1 amide bonds. The summed E-state index contributed by atoms with van der Waals surface area (Å²) in [6, 6.07) is 7.68. The highest BCUT2D eigenvalue weighted by molar-refractivity contribution is 9.09. The van der Waals surface area contributed by atoms with Crippen molar-refractivity contribution < 1.29 is 4.79 Å². The topological polar surface area (TPSA) is 20.3 Å². The maximum absolute atomic E-state index is 12.5. The highest BCUT2D eigenvalue weighted by Gasteiger charge is 2.29. The summed E-state index contributed by atoms with van der Waals surface area (Å²) in [6.07, 6.45) is 4.39. The Bertz CT molecular complexity index is 424. The second-order valence-electron chi connectivity index (χ2n) is 4.61. The molecular weight excluding hydrogens is 314 g/mol. The monoisotopic (exact) mass is 329 g/mol. The molecule has 0 saturated carbocycles. The van der Waals surface area contributed by atoms with Crippen LogP contribution in [-0.4, -0.2) is 28.7 Å². The van der Waals surface area contributed by atoms with Gasteiger partial charge in [-0.15, -0.1) is 0 Å². The van der Waals surface area contributed by atoms with Crippen LogP contribution in [0.2, 0.25) is 5.02 Å². The molecule has 0 aromatic heterocycles. The summed E-state index contributed by atoms with van der Waals surface area (Å²) in [6.45, 7) is 0.858. The predicted octanol–water partition coefficient (Wildman–Crippen LogP) is 4.12. The van der Waals surface area contributed by atoms with E-state index in [-0.39, 0.29) is 5.91 Å². The number of carbonyl (C=O) groups excluding carboxylic acids is 1. The molecule has 4 heteroatoms. The number of benzene rings is 1. The fraction of sp³-hybridized carbons (Fsp3) is 0.500. The molecule has 2 rings (SSSR count). The first-order valence-electron chi connectivity index (χ1n) is 6.35. The molecule has 1 saturated heterocycles. The van der Waals surface area contributed by atoms with Gasteiger partial charge in [0, 0.05) is 17.9 Å². The third kappa shape index (κ3) is 3.07. The second kappa shape index (κ2) is 6.58. The number of halogens is 2. The highest BCUT2D eigenvalue weighted by Crippen LogP contribution is 2.26. The van der Waals surface area contributed by atoms with Crippen LogP contribution >= 0.6 is 27.5 Å². The lowest BCUT2D eigenvalue weighted by atomic mass is 10.1. The molecule has 1 aliphatic heterocycles. The molecule has 0 aliphatic carbocycles. The molecule has 18 heavy (non-hydrogen) atoms. The normalized spacial score (nSPS) is 19.2. The Balaban J connectivity index is 2.10. The number of amides is 1. The maximum Gasteiger partial charge on any atom is 0.255 e. The fourth-order valence-electron chi connectivity index (χ4n) is 2.51. The minimum absolute atomic E-state index is 0.0812. The van der Waals surface area contributed by atoms with Crippen molar-refractivity contribution in [2.45, 2.75) is 31.7 Å². The number of nitrogens with zero attached hydrogens (tertiary/aromatic N) is 1. The molecule has 1 heterocycles. The van der Waals surface area contributed by atoms with Gasteiger partial charge in [-0.3, -0.25) is 4.79 Å². The molecular formula is C14H17BrClNO. The lowest BCUT2D eigenvalue weighted by Gasteiger charge is -2.25. The van der Waals surface area contributed by atoms with Crippen LogP contribution in [0.3, 0.4) is 0 Å². The van der Waals surface area contributed by atoms with Gasteiger partial charge in [-0.1, -0.05) is 39.7 Å². The zero-order valence-corrected chi connectivity index (χ0v) is 12.6. The minimum atomic E-state index is 0.0812. The van der Waals surface area contributed by atoms with E-state index in [0.29, 0.717) is 16.6 Å². The lowest BCUT2D eigenvalue weighted by molar-refractivity contribution is 0.0730. The van der Waals surface area contributed by atoms with E-state index in [1.165, 1.54) is 0 Å². The van der Waals surface area contributed by atoms with Crippen molar-refractivity contribution in [3.05, 3.63) is 34.9 Å². The Morgan fingerprint density at radius 3 is 2.94 bits per heavy atom. The van der Waals surface area contributed by atoms with E-state index in [9.17, 15) is 4.79 Å². The molecule has 0 spiro atoms. The van der Waals surface area contributed by atoms with E-state index in [1.807, 2.05) is 23.1 Å². The zero-order valence-electron chi connectivity index (χ0n) is 10.2. The summed E-state index contributed by atoms with van der Waals surface area (Å²) in [5.74, 6) is 0.0812. The number of carbonyl (C=O) groups is 1. The maximum atomic E-state index is 12.5. The first kappa shape index (κ1) is 13.9. The van der Waals surface area contributed by atoms with Crippen LogP contribution in [0.1, 0.15) is 36.0 Å². The SMILES string of the molecule is O=C(c1ccccc1Cl)N1CCCC1CCCBr. The van der Waals surface area contributed by atoms with Crippen LogP contribution in [0.4, 0.5) is 0 Å². The second-order valence-corrected chi connectivity index (χ2v) is 5.81. The van der Waals surface area contributed by atoms with E-state index in [4.69, 9.17) is 11.6 Å². The van der Waals surface area contributed by atoms with Crippen molar-refractivity contribution in [2.24, 2.45) is 0 Å². The molecule has 0 N–H and O–H groups in total. The van der Waals surface area contributed by atoms with Gasteiger partial charge in [-0.25, -0.2) is 0 Å². The minimum Gasteiger partial charge on any atom is -0.336 e. The number of rotatable bonds is 4. The first-order valence-corrected chi connectivity index (χ1v) is 7.85. The molecule has 0 bridgehead atoms. The van der Waals surface area contributed by atoms with E-state index >= 15 is 0 Å². The Labute approximate surface area is 121 Å². The van der Waals surface area contributed by atoms with E-state index in [0.717, 1.165) is 37.6 Å². The molecule has 98 valence electrons. The number of likely N-dealkylation sites (tertiary alicyclic amines) is 1. The predicted molar refractivity (Wildman–Crippen MR) is 78.5 cm³/mol. The number of hydrogen-bond donors (Lipinski definition) is 0. The largest absolute Gasteiger partial charge is 0.336 e. The summed E-state index contributed by atoms with van der Waals surface area (Å²) in [5.41, 5.74) is 0.630. The van der Waals surface area contributed by atoms with E-state index in [2.05, 4.69) is 15.9 Å². The van der Waals surface area contributed by atoms with Gasteiger partial charge in [0.15, 0.2) is 0 Å². The molecule has 0 radical (unpaired) electrons. The smallest absolute Gasteiger partial charge is 0.255 e. The van der Waals surface area contributed by atoms with Gasteiger partial charge >= 0.3 is 0 Å². The van der Waals surface area contributed by atoms with Gasteiger partial charge in [0.25, 0.3) is 5.91 Å². The molecule has 2 nitrogen and oxygen atoms in total.